The Labute approximate surface area is 562 Å². The van der Waals surface area contributed by atoms with Gasteiger partial charge in [-0.05, 0) is 49.4 Å². The largest absolute Gasteiger partial charge is 0.472 e. The Balaban J connectivity index is 5.21. The topological polar surface area (TPSA) is 237 Å². The summed E-state index contributed by atoms with van der Waals surface area (Å²) in [6, 6.07) is 0. The number of phosphoric ester groups is 2. The summed E-state index contributed by atoms with van der Waals surface area (Å²) in [4.78, 5) is 72.6. The number of aliphatic hydroxyl groups is 1. The summed E-state index contributed by atoms with van der Waals surface area (Å²) in [5.41, 5.74) is 0. The zero-order valence-corrected chi connectivity index (χ0v) is 62.0. The lowest BCUT2D eigenvalue weighted by molar-refractivity contribution is -0.161. The maximum absolute atomic E-state index is 13.0. The van der Waals surface area contributed by atoms with E-state index in [0.29, 0.717) is 31.6 Å². The molecule has 0 amide bonds. The van der Waals surface area contributed by atoms with Crippen LogP contribution < -0.4 is 0 Å². The molecule has 0 spiro atoms. The molecule has 0 fully saturated rings. The second-order valence-corrected chi connectivity index (χ2v) is 30.9. The average molecular weight is 1350 g/mol. The Morgan fingerprint density at radius 2 is 0.522 bits per heavy atom. The van der Waals surface area contributed by atoms with Crippen LogP contribution >= 0.6 is 15.6 Å². The van der Waals surface area contributed by atoms with Crippen LogP contribution in [-0.2, 0) is 65.4 Å². The number of rotatable bonds is 70. The highest BCUT2D eigenvalue weighted by Crippen LogP contribution is 2.45. The Kier molecular flexibility index (Phi) is 61.3. The molecule has 0 aliphatic heterocycles. The molecule has 0 heterocycles. The fourth-order valence-corrected chi connectivity index (χ4v) is 12.6. The minimum atomic E-state index is -4.95. The molecule has 0 saturated heterocycles. The highest BCUT2D eigenvalue weighted by atomic mass is 31.2. The van der Waals surface area contributed by atoms with Gasteiger partial charge in [0.25, 0.3) is 0 Å². The SMILES string of the molecule is CCC(C)CCCCCCCCC(=O)OC[C@H](COP(=O)(O)OC[C@@H](O)COP(=O)(O)OC[C@@H](COC(=O)CCCCCCCCC(C)C)OC(=O)CCCCCCCCCCCCCCCCC(C)C)OC(=O)CCCCCCCCCCCCCCCC(C)C. The van der Waals surface area contributed by atoms with Crippen molar-refractivity contribution in [2.45, 2.75) is 382 Å². The van der Waals surface area contributed by atoms with Crippen molar-refractivity contribution in [2.75, 3.05) is 39.6 Å². The second-order valence-electron chi connectivity index (χ2n) is 28.0. The minimum absolute atomic E-state index is 0.106. The van der Waals surface area contributed by atoms with Crippen LogP contribution in [0.1, 0.15) is 364 Å². The van der Waals surface area contributed by atoms with E-state index in [9.17, 15) is 43.2 Å². The first kappa shape index (κ1) is 90.1. The van der Waals surface area contributed by atoms with Crippen LogP contribution in [0, 0.1) is 23.7 Å². The first-order valence-electron chi connectivity index (χ1n) is 37.7. The van der Waals surface area contributed by atoms with Crippen LogP contribution in [-0.4, -0.2) is 96.7 Å². The van der Waals surface area contributed by atoms with E-state index in [2.05, 4.69) is 55.4 Å². The van der Waals surface area contributed by atoms with Gasteiger partial charge in [0, 0.05) is 25.7 Å². The van der Waals surface area contributed by atoms with Gasteiger partial charge in [0.2, 0.25) is 0 Å². The highest BCUT2D eigenvalue weighted by Gasteiger charge is 2.30. The fraction of sp³-hybridized carbons (Fsp3) is 0.945. The normalized spacial score (nSPS) is 14.5. The van der Waals surface area contributed by atoms with Crippen LogP contribution in [0.4, 0.5) is 0 Å². The van der Waals surface area contributed by atoms with Crippen LogP contribution in [0.15, 0.2) is 0 Å². The number of hydrogen-bond donors (Lipinski definition) is 3. The smallest absolute Gasteiger partial charge is 0.462 e. The number of carbonyl (C=O) groups excluding carboxylic acids is 4. The van der Waals surface area contributed by atoms with Crippen LogP contribution in [0.25, 0.3) is 0 Å². The van der Waals surface area contributed by atoms with Crippen molar-refractivity contribution in [3.8, 4) is 0 Å². The molecule has 0 aliphatic carbocycles. The first-order chi connectivity index (χ1) is 44.1. The van der Waals surface area contributed by atoms with Crippen molar-refractivity contribution in [1.29, 1.82) is 0 Å². The molecule has 0 bridgehead atoms. The third kappa shape index (κ3) is 65.4. The quantitative estimate of drug-likeness (QED) is 0.0222. The molecule has 0 aromatic carbocycles. The molecule has 0 aliphatic rings. The third-order valence-electron chi connectivity index (χ3n) is 17.2. The average Bonchev–Trinajstić information content (AvgIpc) is 2.16. The van der Waals surface area contributed by atoms with E-state index in [1.165, 1.54) is 154 Å². The number of carbonyl (C=O) groups is 4. The molecule has 0 saturated carbocycles. The van der Waals surface area contributed by atoms with E-state index in [4.69, 9.17) is 37.0 Å². The van der Waals surface area contributed by atoms with Crippen molar-refractivity contribution >= 4 is 39.5 Å². The predicted molar refractivity (Wildman–Crippen MR) is 372 cm³/mol. The molecular formula is C73H142O17P2. The Morgan fingerprint density at radius 1 is 0.304 bits per heavy atom. The van der Waals surface area contributed by atoms with Crippen LogP contribution in [0.5, 0.6) is 0 Å². The van der Waals surface area contributed by atoms with Crippen LogP contribution in [0.3, 0.4) is 0 Å². The summed E-state index contributed by atoms with van der Waals surface area (Å²) >= 11 is 0. The lowest BCUT2D eigenvalue weighted by Crippen LogP contribution is -2.30. The fourth-order valence-electron chi connectivity index (χ4n) is 11.0. The number of aliphatic hydroxyl groups excluding tert-OH is 1. The molecule has 0 aromatic rings. The summed E-state index contributed by atoms with van der Waals surface area (Å²) in [7, 11) is -9.91. The Bertz CT molecular complexity index is 1820. The molecule has 6 atom stereocenters. The number of hydrogen-bond acceptors (Lipinski definition) is 15. The van der Waals surface area contributed by atoms with E-state index in [-0.39, 0.29) is 25.7 Å². The number of phosphoric acid groups is 2. The summed E-state index contributed by atoms with van der Waals surface area (Å²) in [5, 5.41) is 10.6. The summed E-state index contributed by atoms with van der Waals surface area (Å²) < 4.78 is 68.4. The Hall–Kier alpha value is -1.94. The third-order valence-corrected chi connectivity index (χ3v) is 19.1. The van der Waals surface area contributed by atoms with Gasteiger partial charge < -0.3 is 33.8 Å². The van der Waals surface area contributed by atoms with Crippen molar-refractivity contribution < 1.29 is 80.2 Å². The summed E-state index contributed by atoms with van der Waals surface area (Å²) in [6.45, 7) is 14.1. The van der Waals surface area contributed by atoms with Gasteiger partial charge in [-0.25, -0.2) is 9.13 Å². The number of ether oxygens (including phenoxy) is 4. The minimum Gasteiger partial charge on any atom is -0.462 e. The van der Waals surface area contributed by atoms with Crippen molar-refractivity contribution in [3.63, 3.8) is 0 Å². The molecule has 3 N–H and O–H groups in total. The molecule has 3 unspecified atom stereocenters. The summed E-state index contributed by atoms with van der Waals surface area (Å²) in [5.74, 6) is 0.864. The molecule has 0 aromatic heterocycles. The predicted octanol–water partition coefficient (Wildman–Crippen LogP) is 20.9. The van der Waals surface area contributed by atoms with Gasteiger partial charge in [-0.3, -0.25) is 37.3 Å². The molecule has 0 radical (unpaired) electrons. The molecule has 0 rings (SSSR count). The standard InChI is InChI=1S/C73H142O17P2/c1-9-66(8)52-44-36-30-32-38-46-54-71(76)84-60-69(90-73(78)56-48-40-28-24-20-16-12-14-18-22-26-34-42-50-64(4)5)62-88-92(81,82)86-58-67(74)57-85-91(79,80)87-61-68(59-83-70(75)53-45-37-31-29-35-43-51-65(6)7)89-72(77)55-47-39-27-23-19-15-11-10-13-17-21-25-33-41-49-63(2)3/h63-69,74H,9-62H2,1-8H3,(H,79,80)(H,81,82)/t66?,67-,68+,69+/m0/s1. The van der Waals surface area contributed by atoms with Gasteiger partial charge in [0.1, 0.15) is 19.3 Å². The van der Waals surface area contributed by atoms with Gasteiger partial charge in [-0.1, -0.05) is 312 Å². The molecular weight excluding hydrogens is 1210 g/mol. The van der Waals surface area contributed by atoms with Crippen molar-refractivity contribution in [2.24, 2.45) is 23.7 Å². The van der Waals surface area contributed by atoms with Gasteiger partial charge in [-0.2, -0.15) is 0 Å². The number of esters is 4. The van der Waals surface area contributed by atoms with E-state index < -0.39 is 97.5 Å². The molecule has 17 nitrogen and oxygen atoms in total. The van der Waals surface area contributed by atoms with Gasteiger partial charge in [0.15, 0.2) is 12.2 Å². The van der Waals surface area contributed by atoms with Crippen molar-refractivity contribution in [3.05, 3.63) is 0 Å². The Morgan fingerprint density at radius 3 is 0.772 bits per heavy atom. The first-order valence-corrected chi connectivity index (χ1v) is 40.7. The zero-order chi connectivity index (χ0) is 68.2. The monoisotopic (exact) mass is 1350 g/mol. The summed E-state index contributed by atoms with van der Waals surface area (Å²) in [6.07, 6.45) is 46.0. The molecule has 546 valence electrons. The second kappa shape index (κ2) is 62.6. The molecule has 92 heavy (non-hydrogen) atoms. The van der Waals surface area contributed by atoms with Crippen molar-refractivity contribution in [1.82, 2.24) is 0 Å². The zero-order valence-electron chi connectivity index (χ0n) is 60.2. The van der Waals surface area contributed by atoms with E-state index in [0.717, 1.165) is 120 Å². The maximum atomic E-state index is 13.0. The lowest BCUT2D eigenvalue weighted by Gasteiger charge is -2.21. The van der Waals surface area contributed by atoms with Gasteiger partial charge >= 0.3 is 39.5 Å². The van der Waals surface area contributed by atoms with E-state index in [1.807, 2.05) is 0 Å². The van der Waals surface area contributed by atoms with Gasteiger partial charge in [-0.15, -0.1) is 0 Å². The number of unbranched alkanes of at least 4 members (excludes halogenated alkanes) is 35. The highest BCUT2D eigenvalue weighted by molar-refractivity contribution is 7.47. The molecule has 19 heteroatoms. The van der Waals surface area contributed by atoms with Gasteiger partial charge in [0.05, 0.1) is 26.4 Å². The van der Waals surface area contributed by atoms with E-state index >= 15 is 0 Å². The maximum Gasteiger partial charge on any atom is 0.472 e. The lowest BCUT2D eigenvalue weighted by atomic mass is 10.00. The van der Waals surface area contributed by atoms with E-state index in [1.54, 1.807) is 0 Å². The van der Waals surface area contributed by atoms with Crippen LogP contribution in [0.2, 0.25) is 0 Å².